The molecule has 7 nitrogen and oxygen atoms in total. The predicted octanol–water partition coefficient (Wildman–Crippen LogP) is 3.44. The van der Waals surface area contributed by atoms with Crippen molar-refractivity contribution < 1.29 is 23.8 Å². The Hall–Kier alpha value is -3.32. The molecule has 2 N–H and O–H groups in total. The van der Waals surface area contributed by atoms with E-state index in [1.54, 1.807) is 6.07 Å². The second-order valence-corrected chi connectivity index (χ2v) is 8.48. The van der Waals surface area contributed by atoms with Crippen LogP contribution in [0.15, 0.2) is 51.7 Å². The maximum absolute atomic E-state index is 12.5. The number of carbonyl (C=O) groups is 1. The van der Waals surface area contributed by atoms with E-state index in [9.17, 15) is 9.59 Å². The SMILES string of the molecule is CC1(C)CCc2c(cc(OCC(=O)NCCCO)c3c(-c4ccccc4)cc(=O)oc23)O1. The largest absolute Gasteiger partial charge is 0.487 e. The van der Waals surface area contributed by atoms with Gasteiger partial charge in [-0.05, 0) is 38.7 Å². The van der Waals surface area contributed by atoms with Crippen LogP contribution >= 0.6 is 0 Å². The van der Waals surface area contributed by atoms with Crippen LogP contribution in [-0.4, -0.2) is 36.4 Å². The van der Waals surface area contributed by atoms with Gasteiger partial charge in [-0.1, -0.05) is 30.3 Å². The molecule has 0 saturated heterocycles. The second kappa shape index (κ2) is 9.04. The van der Waals surface area contributed by atoms with Crippen LogP contribution in [0.5, 0.6) is 11.5 Å². The highest BCUT2D eigenvalue weighted by Gasteiger charge is 2.31. The van der Waals surface area contributed by atoms with Gasteiger partial charge in [0.25, 0.3) is 5.91 Å². The van der Waals surface area contributed by atoms with Crippen molar-refractivity contribution in [2.75, 3.05) is 19.8 Å². The first kappa shape index (κ1) is 21.9. The summed E-state index contributed by atoms with van der Waals surface area (Å²) in [6.07, 6.45) is 1.95. The molecule has 0 spiro atoms. The normalized spacial score (nSPS) is 14.5. The molecule has 0 unspecified atom stereocenters. The number of rotatable bonds is 7. The number of fused-ring (bicyclic) bond motifs is 3. The van der Waals surface area contributed by atoms with Crippen molar-refractivity contribution in [1.29, 1.82) is 0 Å². The van der Waals surface area contributed by atoms with E-state index in [0.717, 1.165) is 17.5 Å². The summed E-state index contributed by atoms with van der Waals surface area (Å²) in [7, 11) is 0. The summed E-state index contributed by atoms with van der Waals surface area (Å²) in [6, 6.07) is 12.8. The summed E-state index contributed by atoms with van der Waals surface area (Å²) >= 11 is 0. The molecule has 1 aliphatic rings. The molecule has 0 fully saturated rings. The molecule has 3 aromatic rings. The number of aryl methyl sites for hydroxylation is 1. The van der Waals surface area contributed by atoms with Gasteiger partial charge in [-0.2, -0.15) is 0 Å². The van der Waals surface area contributed by atoms with E-state index in [1.165, 1.54) is 6.07 Å². The van der Waals surface area contributed by atoms with Crippen LogP contribution in [0, 0.1) is 0 Å². The smallest absolute Gasteiger partial charge is 0.336 e. The highest BCUT2D eigenvalue weighted by atomic mass is 16.5. The number of amides is 1. The molecule has 0 aliphatic carbocycles. The van der Waals surface area contributed by atoms with Gasteiger partial charge in [-0.25, -0.2) is 4.79 Å². The number of benzene rings is 2. The lowest BCUT2D eigenvalue weighted by atomic mass is 9.91. The molecule has 1 amide bonds. The van der Waals surface area contributed by atoms with Crippen LogP contribution in [0.3, 0.4) is 0 Å². The predicted molar refractivity (Wildman–Crippen MR) is 121 cm³/mol. The maximum atomic E-state index is 12.5. The lowest BCUT2D eigenvalue weighted by Gasteiger charge is -2.33. The summed E-state index contributed by atoms with van der Waals surface area (Å²) in [4.78, 5) is 24.7. The molecule has 2 aromatic carbocycles. The van der Waals surface area contributed by atoms with Crippen molar-refractivity contribution in [2.45, 2.75) is 38.7 Å². The number of carbonyl (C=O) groups excluding carboxylic acids is 1. The average molecular weight is 437 g/mol. The fourth-order valence-electron chi connectivity index (χ4n) is 3.90. The first-order valence-electron chi connectivity index (χ1n) is 10.8. The lowest BCUT2D eigenvalue weighted by Crippen LogP contribution is -2.33. The van der Waals surface area contributed by atoms with Crippen LogP contribution in [0.2, 0.25) is 0 Å². The fraction of sp³-hybridized carbons (Fsp3) is 0.360. The van der Waals surface area contributed by atoms with E-state index < -0.39 is 5.63 Å². The van der Waals surface area contributed by atoms with Crippen LogP contribution in [-0.2, 0) is 11.2 Å². The Morgan fingerprint density at radius 3 is 2.75 bits per heavy atom. The van der Waals surface area contributed by atoms with Gasteiger partial charge in [0.15, 0.2) is 6.61 Å². The Morgan fingerprint density at radius 2 is 2.00 bits per heavy atom. The lowest BCUT2D eigenvalue weighted by molar-refractivity contribution is -0.123. The highest BCUT2D eigenvalue weighted by molar-refractivity contribution is 6.00. The zero-order chi connectivity index (χ0) is 22.7. The Labute approximate surface area is 186 Å². The van der Waals surface area contributed by atoms with Crippen molar-refractivity contribution in [2.24, 2.45) is 0 Å². The minimum atomic E-state index is -0.456. The summed E-state index contributed by atoms with van der Waals surface area (Å²) in [5.74, 6) is 0.707. The van der Waals surface area contributed by atoms with Crippen LogP contribution in [0.25, 0.3) is 22.1 Å². The van der Waals surface area contributed by atoms with Crippen LogP contribution < -0.4 is 20.4 Å². The monoisotopic (exact) mass is 437 g/mol. The quantitative estimate of drug-likeness (QED) is 0.434. The maximum Gasteiger partial charge on any atom is 0.336 e. The summed E-state index contributed by atoms with van der Waals surface area (Å²) in [5, 5.41) is 12.2. The Balaban J connectivity index is 1.83. The average Bonchev–Trinajstić information content (AvgIpc) is 2.76. The summed E-state index contributed by atoms with van der Waals surface area (Å²) < 4.78 is 17.8. The third kappa shape index (κ3) is 4.62. The molecule has 0 atom stereocenters. The van der Waals surface area contributed by atoms with Crippen molar-refractivity contribution in [3.8, 4) is 22.6 Å². The molecule has 0 radical (unpaired) electrons. The second-order valence-electron chi connectivity index (χ2n) is 8.48. The molecule has 1 aromatic heterocycles. The van der Waals surface area contributed by atoms with E-state index in [4.69, 9.17) is 19.0 Å². The van der Waals surface area contributed by atoms with E-state index in [2.05, 4.69) is 5.32 Å². The molecule has 32 heavy (non-hydrogen) atoms. The third-order valence-corrected chi connectivity index (χ3v) is 5.51. The Kier molecular flexibility index (Phi) is 6.19. The molecular formula is C25H27NO6. The minimum absolute atomic E-state index is 0.00316. The minimum Gasteiger partial charge on any atom is -0.487 e. The molecular weight excluding hydrogens is 410 g/mol. The van der Waals surface area contributed by atoms with Gasteiger partial charge in [0.1, 0.15) is 22.7 Å². The van der Waals surface area contributed by atoms with Crippen molar-refractivity contribution >= 4 is 16.9 Å². The number of aliphatic hydroxyl groups excluding tert-OH is 1. The Morgan fingerprint density at radius 1 is 1.22 bits per heavy atom. The zero-order valence-electron chi connectivity index (χ0n) is 18.3. The van der Waals surface area contributed by atoms with Gasteiger partial charge < -0.3 is 24.3 Å². The van der Waals surface area contributed by atoms with Gasteiger partial charge >= 0.3 is 5.63 Å². The number of ether oxygens (including phenoxy) is 2. The van der Waals surface area contributed by atoms with Crippen molar-refractivity contribution in [3.63, 3.8) is 0 Å². The number of hydrogen-bond donors (Lipinski definition) is 2. The topological polar surface area (TPSA) is 98.0 Å². The van der Waals surface area contributed by atoms with Gasteiger partial charge in [0.2, 0.25) is 0 Å². The van der Waals surface area contributed by atoms with Crippen LogP contribution in [0.1, 0.15) is 32.3 Å². The summed E-state index contributed by atoms with van der Waals surface area (Å²) in [5.41, 5.74) is 1.97. The van der Waals surface area contributed by atoms with E-state index in [0.29, 0.717) is 47.4 Å². The molecule has 4 rings (SSSR count). The van der Waals surface area contributed by atoms with Gasteiger partial charge in [0.05, 0.1) is 5.39 Å². The van der Waals surface area contributed by atoms with E-state index in [1.807, 2.05) is 44.2 Å². The fourth-order valence-corrected chi connectivity index (χ4v) is 3.90. The standard InChI is InChI=1S/C25H27NO6/c1-25(2)10-9-17-19(32-25)14-20(30-15-21(28)26-11-6-12-27)23-18(13-22(29)31-24(17)23)16-7-4-3-5-8-16/h3-5,7-8,13-14,27H,6,9-12,15H2,1-2H3,(H,26,28). The first-order valence-corrected chi connectivity index (χ1v) is 10.8. The van der Waals surface area contributed by atoms with Gasteiger partial charge in [-0.3, -0.25) is 4.79 Å². The molecule has 0 saturated carbocycles. The molecule has 168 valence electrons. The van der Waals surface area contributed by atoms with E-state index in [-0.39, 0.29) is 24.7 Å². The number of hydrogen-bond acceptors (Lipinski definition) is 6. The van der Waals surface area contributed by atoms with Gasteiger partial charge in [0, 0.05) is 36.4 Å². The number of aliphatic hydroxyl groups is 1. The Bertz CT molecular complexity index is 1180. The molecule has 0 bridgehead atoms. The number of nitrogens with one attached hydrogen (secondary N) is 1. The van der Waals surface area contributed by atoms with Crippen molar-refractivity contribution in [1.82, 2.24) is 5.32 Å². The van der Waals surface area contributed by atoms with Gasteiger partial charge in [-0.15, -0.1) is 0 Å². The zero-order valence-corrected chi connectivity index (χ0v) is 18.3. The highest BCUT2D eigenvalue weighted by Crippen LogP contribution is 2.44. The first-order chi connectivity index (χ1) is 15.4. The third-order valence-electron chi connectivity index (χ3n) is 5.51. The molecule has 2 heterocycles. The van der Waals surface area contributed by atoms with Crippen molar-refractivity contribution in [3.05, 3.63) is 58.4 Å². The molecule has 1 aliphatic heterocycles. The van der Waals surface area contributed by atoms with E-state index >= 15 is 0 Å². The van der Waals surface area contributed by atoms with Crippen LogP contribution in [0.4, 0.5) is 0 Å². The molecule has 7 heteroatoms. The summed E-state index contributed by atoms with van der Waals surface area (Å²) in [6.45, 7) is 4.17.